The Hall–Kier alpha value is -1.32. The lowest BCUT2D eigenvalue weighted by Crippen LogP contribution is -2.15. The van der Waals surface area contributed by atoms with Crippen LogP contribution in [0.1, 0.15) is 34.3 Å². The predicted octanol–water partition coefficient (Wildman–Crippen LogP) is 3.31. The van der Waals surface area contributed by atoms with Crippen LogP contribution < -0.4 is 0 Å². The summed E-state index contributed by atoms with van der Waals surface area (Å²) in [5, 5.41) is 0. The first kappa shape index (κ1) is 11.2. The zero-order valence-electron chi connectivity index (χ0n) is 8.60. The predicted molar refractivity (Wildman–Crippen MR) is 53.5 cm³/mol. The molecule has 0 saturated carbocycles. The molecule has 1 aliphatic carbocycles. The number of halogens is 3. The zero-order chi connectivity index (χ0) is 11.8. The van der Waals surface area contributed by atoms with Crippen LogP contribution >= 0.6 is 0 Å². The van der Waals surface area contributed by atoms with Gasteiger partial charge in [-0.05, 0) is 36.5 Å². The minimum Gasteiger partial charge on any atom is -0.294 e. The van der Waals surface area contributed by atoms with Gasteiger partial charge in [0.05, 0.1) is 0 Å². The fraction of sp³-hybridized carbons (Fsp3) is 0.417. The molecule has 0 heterocycles. The molecule has 0 aliphatic heterocycles. The van der Waals surface area contributed by atoms with Crippen molar-refractivity contribution in [3.8, 4) is 0 Å². The highest BCUT2D eigenvalue weighted by atomic mass is 19.4. The molecule has 1 aromatic rings. The van der Waals surface area contributed by atoms with Gasteiger partial charge in [-0.1, -0.05) is 12.1 Å². The fourth-order valence-corrected chi connectivity index (χ4v) is 2.03. The highest BCUT2D eigenvalue weighted by Gasteiger charge is 2.31. The molecule has 0 saturated heterocycles. The molecular formula is C12H11F3O. The van der Waals surface area contributed by atoms with Crippen molar-refractivity contribution in [1.82, 2.24) is 0 Å². The van der Waals surface area contributed by atoms with Crippen LogP contribution in [0.3, 0.4) is 0 Å². The molecule has 0 unspecified atom stereocenters. The summed E-state index contributed by atoms with van der Waals surface area (Å²) >= 11 is 0. The van der Waals surface area contributed by atoms with E-state index in [1.165, 1.54) is 6.07 Å². The van der Waals surface area contributed by atoms with Crippen molar-refractivity contribution in [3.63, 3.8) is 0 Å². The van der Waals surface area contributed by atoms with Gasteiger partial charge in [-0.3, -0.25) is 4.79 Å². The van der Waals surface area contributed by atoms with E-state index in [-0.39, 0.29) is 5.56 Å². The van der Waals surface area contributed by atoms with Gasteiger partial charge in [0, 0.05) is 5.56 Å². The van der Waals surface area contributed by atoms with Crippen molar-refractivity contribution in [2.75, 3.05) is 0 Å². The van der Waals surface area contributed by atoms with Crippen molar-refractivity contribution < 1.29 is 18.0 Å². The topological polar surface area (TPSA) is 17.1 Å². The standard InChI is InChI=1S/C12H11F3O/c13-12(14,15)7-11(16)10-5-4-8-2-1-3-9(8)6-10/h4-6H,1-3,7H2. The second-order valence-electron chi connectivity index (χ2n) is 4.05. The number of carbonyl (C=O) groups excluding carboxylic acids is 1. The van der Waals surface area contributed by atoms with Crippen molar-refractivity contribution in [2.45, 2.75) is 31.9 Å². The van der Waals surface area contributed by atoms with Crippen molar-refractivity contribution >= 4 is 5.78 Å². The summed E-state index contributed by atoms with van der Waals surface area (Å²) in [4.78, 5) is 11.3. The normalized spacial score (nSPS) is 14.9. The number of Topliss-reactive ketones (excluding diaryl/α,β-unsaturated/α-hetero) is 1. The van der Waals surface area contributed by atoms with E-state index in [4.69, 9.17) is 0 Å². The maximum absolute atomic E-state index is 12.0. The molecule has 2 rings (SSSR count). The van der Waals surface area contributed by atoms with Gasteiger partial charge in [-0.2, -0.15) is 13.2 Å². The Morgan fingerprint density at radius 1 is 1.19 bits per heavy atom. The molecule has 16 heavy (non-hydrogen) atoms. The van der Waals surface area contributed by atoms with Crippen LogP contribution in [0.5, 0.6) is 0 Å². The van der Waals surface area contributed by atoms with Crippen LogP contribution in [-0.2, 0) is 12.8 Å². The maximum atomic E-state index is 12.0. The highest BCUT2D eigenvalue weighted by Crippen LogP contribution is 2.26. The van der Waals surface area contributed by atoms with Gasteiger partial charge >= 0.3 is 6.18 Å². The second-order valence-corrected chi connectivity index (χ2v) is 4.05. The number of carbonyl (C=O) groups is 1. The quantitative estimate of drug-likeness (QED) is 0.710. The number of rotatable bonds is 2. The first-order chi connectivity index (χ1) is 7.46. The van der Waals surface area contributed by atoms with E-state index in [0.29, 0.717) is 0 Å². The largest absolute Gasteiger partial charge is 0.396 e. The van der Waals surface area contributed by atoms with Gasteiger partial charge < -0.3 is 0 Å². The lowest BCUT2D eigenvalue weighted by Gasteiger charge is -2.06. The third-order valence-electron chi connectivity index (χ3n) is 2.78. The molecule has 0 aromatic heterocycles. The Morgan fingerprint density at radius 2 is 1.88 bits per heavy atom. The summed E-state index contributed by atoms with van der Waals surface area (Å²) in [7, 11) is 0. The number of aryl methyl sites for hydroxylation is 2. The molecule has 0 amide bonds. The Kier molecular flexibility index (Phi) is 2.74. The minimum atomic E-state index is -4.42. The highest BCUT2D eigenvalue weighted by molar-refractivity contribution is 5.96. The maximum Gasteiger partial charge on any atom is 0.396 e. The summed E-state index contributed by atoms with van der Waals surface area (Å²) in [6, 6.07) is 4.88. The minimum absolute atomic E-state index is 0.179. The van der Waals surface area contributed by atoms with Gasteiger partial charge in [0.15, 0.2) is 5.78 Å². The number of ketones is 1. The molecule has 0 bridgehead atoms. The summed E-state index contributed by atoms with van der Waals surface area (Å²) in [6.45, 7) is 0. The number of hydrogen-bond acceptors (Lipinski definition) is 1. The summed E-state index contributed by atoms with van der Waals surface area (Å²) in [5.41, 5.74) is 2.36. The smallest absolute Gasteiger partial charge is 0.294 e. The third-order valence-corrected chi connectivity index (χ3v) is 2.78. The number of alkyl halides is 3. The SMILES string of the molecule is O=C(CC(F)(F)F)c1ccc2c(c1)CCC2. The zero-order valence-corrected chi connectivity index (χ0v) is 8.60. The van der Waals surface area contributed by atoms with Gasteiger partial charge in [0.2, 0.25) is 0 Å². The first-order valence-corrected chi connectivity index (χ1v) is 5.17. The molecule has 0 radical (unpaired) electrons. The molecule has 0 fully saturated rings. The van der Waals surface area contributed by atoms with Gasteiger partial charge in [0.1, 0.15) is 6.42 Å². The molecule has 0 spiro atoms. The Labute approximate surface area is 91.3 Å². The third kappa shape index (κ3) is 2.43. The lowest BCUT2D eigenvalue weighted by atomic mass is 10.0. The molecule has 0 atom stereocenters. The monoisotopic (exact) mass is 228 g/mol. The van der Waals surface area contributed by atoms with E-state index >= 15 is 0 Å². The van der Waals surface area contributed by atoms with Crippen molar-refractivity contribution in [2.24, 2.45) is 0 Å². The van der Waals surface area contributed by atoms with Gasteiger partial charge in [-0.25, -0.2) is 0 Å². The van der Waals surface area contributed by atoms with Crippen LogP contribution in [0, 0.1) is 0 Å². The molecule has 1 aromatic carbocycles. The van der Waals surface area contributed by atoms with E-state index in [0.717, 1.165) is 30.4 Å². The lowest BCUT2D eigenvalue weighted by molar-refractivity contribution is -0.125. The van der Waals surface area contributed by atoms with Gasteiger partial charge in [-0.15, -0.1) is 0 Å². The van der Waals surface area contributed by atoms with Crippen LogP contribution in [0.25, 0.3) is 0 Å². The summed E-state index contributed by atoms with van der Waals surface area (Å²) < 4.78 is 36.1. The van der Waals surface area contributed by atoms with Crippen LogP contribution in [0.4, 0.5) is 13.2 Å². The Balaban J connectivity index is 2.19. The molecular weight excluding hydrogens is 217 g/mol. The molecule has 1 nitrogen and oxygen atoms in total. The van der Waals surface area contributed by atoms with E-state index in [1.54, 1.807) is 12.1 Å². The van der Waals surface area contributed by atoms with E-state index < -0.39 is 18.4 Å². The molecule has 4 heteroatoms. The van der Waals surface area contributed by atoms with Crippen molar-refractivity contribution in [1.29, 1.82) is 0 Å². The van der Waals surface area contributed by atoms with E-state index in [9.17, 15) is 18.0 Å². The Morgan fingerprint density at radius 3 is 2.56 bits per heavy atom. The van der Waals surface area contributed by atoms with Gasteiger partial charge in [0.25, 0.3) is 0 Å². The number of benzene rings is 1. The Bertz CT molecular complexity index is 421. The van der Waals surface area contributed by atoms with Crippen LogP contribution in [0.15, 0.2) is 18.2 Å². The van der Waals surface area contributed by atoms with E-state index in [1.807, 2.05) is 0 Å². The van der Waals surface area contributed by atoms with Crippen LogP contribution in [-0.4, -0.2) is 12.0 Å². The number of fused-ring (bicyclic) bond motifs is 1. The summed E-state index contributed by atoms with van der Waals surface area (Å²) in [6.07, 6.45) is -2.94. The van der Waals surface area contributed by atoms with Crippen LogP contribution in [0.2, 0.25) is 0 Å². The average molecular weight is 228 g/mol. The summed E-state index contributed by atoms with van der Waals surface area (Å²) in [5.74, 6) is -0.845. The average Bonchev–Trinajstić information content (AvgIpc) is 2.61. The number of hydrogen-bond donors (Lipinski definition) is 0. The molecule has 1 aliphatic rings. The van der Waals surface area contributed by atoms with E-state index in [2.05, 4.69) is 0 Å². The second kappa shape index (κ2) is 3.92. The molecule has 0 N–H and O–H groups in total. The molecule has 86 valence electrons. The fourth-order valence-electron chi connectivity index (χ4n) is 2.03. The van der Waals surface area contributed by atoms with Crippen molar-refractivity contribution in [3.05, 3.63) is 34.9 Å². The first-order valence-electron chi connectivity index (χ1n) is 5.17.